The molecule has 1 aromatic heterocycles. The minimum atomic E-state index is -1.10. The highest BCUT2D eigenvalue weighted by molar-refractivity contribution is 6.30. The zero-order chi connectivity index (χ0) is 17.1. The van der Waals surface area contributed by atoms with Crippen LogP contribution in [-0.2, 0) is 19.1 Å². The normalized spacial score (nSPS) is 10.7. The number of benzene rings is 1. The molecule has 23 heavy (non-hydrogen) atoms. The van der Waals surface area contributed by atoms with E-state index in [2.05, 4.69) is 5.10 Å². The van der Waals surface area contributed by atoms with Crippen LogP contribution in [0.5, 0.6) is 0 Å². The molecule has 6 nitrogen and oxygen atoms in total. The standard InChI is InChI=1S/C16H17ClN2O4/c1-9-5-12(19-8-11(17)7-18-19)6-10(2)13(9)14(15(20)22-3)16(21)23-4/h5-8,14H,1-4H3/p+1. The molecule has 7 heteroatoms. The summed E-state index contributed by atoms with van der Waals surface area (Å²) in [5.74, 6) is -2.39. The molecule has 0 unspecified atom stereocenters. The van der Waals surface area contributed by atoms with Crippen molar-refractivity contribution < 1.29 is 23.7 Å². The van der Waals surface area contributed by atoms with Gasteiger partial charge in [0.2, 0.25) is 11.9 Å². The monoisotopic (exact) mass is 337 g/mol. The first-order valence-electron chi connectivity index (χ1n) is 6.91. The van der Waals surface area contributed by atoms with Crippen LogP contribution in [0.4, 0.5) is 0 Å². The predicted octanol–water partition coefficient (Wildman–Crippen LogP) is 1.99. The van der Waals surface area contributed by atoms with E-state index in [4.69, 9.17) is 21.1 Å². The Kier molecular flexibility index (Phi) is 5.05. The van der Waals surface area contributed by atoms with Crippen LogP contribution < -0.4 is 4.68 Å². The number of halogens is 1. The average Bonchev–Trinajstić information content (AvgIpc) is 2.95. The van der Waals surface area contributed by atoms with Gasteiger partial charge in [0.25, 0.3) is 0 Å². The smallest absolute Gasteiger partial charge is 0.324 e. The van der Waals surface area contributed by atoms with E-state index in [0.29, 0.717) is 10.6 Å². The van der Waals surface area contributed by atoms with Crippen molar-refractivity contribution in [3.05, 3.63) is 46.2 Å². The molecule has 0 saturated carbocycles. The number of aromatic nitrogens is 2. The second-order valence-electron chi connectivity index (χ2n) is 5.13. The molecule has 0 aliphatic heterocycles. The van der Waals surface area contributed by atoms with Crippen LogP contribution in [0.15, 0.2) is 24.5 Å². The molecule has 0 fully saturated rings. The third kappa shape index (κ3) is 3.37. The van der Waals surface area contributed by atoms with E-state index in [1.807, 2.05) is 26.0 Å². The van der Waals surface area contributed by atoms with Crippen molar-refractivity contribution in [1.82, 2.24) is 5.10 Å². The number of nitrogens with zero attached hydrogens (tertiary/aromatic N) is 1. The summed E-state index contributed by atoms with van der Waals surface area (Å²) in [6, 6.07) is 3.71. The van der Waals surface area contributed by atoms with E-state index in [0.717, 1.165) is 16.8 Å². The lowest BCUT2D eigenvalue weighted by molar-refractivity contribution is -0.655. The van der Waals surface area contributed by atoms with Crippen LogP contribution in [0.1, 0.15) is 22.6 Å². The Hall–Kier alpha value is -2.34. The molecule has 0 bridgehead atoms. The van der Waals surface area contributed by atoms with E-state index in [9.17, 15) is 9.59 Å². The zero-order valence-corrected chi connectivity index (χ0v) is 14.1. The van der Waals surface area contributed by atoms with Crippen LogP contribution in [0, 0.1) is 13.8 Å². The summed E-state index contributed by atoms with van der Waals surface area (Å²) in [7, 11) is 2.49. The number of esters is 2. The number of hydrogen-bond acceptors (Lipinski definition) is 4. The summed E-state index contributed by atoms with van der Waals surface area (Å²) < 4.78 is 11.2. The van der Waals surface area contributed by atoms with E-state index < -0.39 is 17.9 Å². The number of carbonyl (C=O) groups excluding carboxylic acids is 2. The van der Waals surface area contributed by atoms with Crippen molar-refractivity contribution in [1.29, 1.82) is 0 Å². The average molecular weight is 338 g/mol. The van der Waals surface area contributed by atoms with Gasteiger partial charge in [0.05, 0.1) is 20.4 Å². The van der Waals surface area contributed by atoms with Gasteiger partial charge >= 0.3 is 11.9 Å². The molecule has 0 amide bonds. The number of rotatable bonds is 4. The Bertz CT molecular complexity index is 715. The third-order valence-electron chi connectivity index (χ3n) is 3.61. The first-order valence-corrected chi connectivity index (χ1v) is 7.29. The Morgan fingerprint density at radius 3 is 2.04 bits per heavy atom. The van der Waals surface area contributed by atoms with Crippen molar-refractivity contribution in [3.63, 3.8) is 0 Å². The van der Waals surface area contributed by atoms with Crippen LogP contribution in [0.25, 0.3) is 5.69 Å². The number of aromatic amines is 1. The maximum absolute atomic E-state index is 12.0. The molecule has 0 aliphatic rings. The van der Waals surface area contributed by atoms with E-state index in [1.54, 1.807) is 17.1 Å². The van der Waals surface area contributed by atoms with E-state index >= 15 is 0 Å². The Morgan fingerprint density at radius 2 is 1.65 bits per heavy atom. The lowest BCUT2D eigenvalue weighted by Gasteiger charge is -2.17. The lowest BCUT2D eigenvalue weighted by atomic mass is 9.90. The van der Waals surface area contributed by atoms with Gasteiger partial charge in [-0.2, -0.15) is 5.10 Å². The van der Waals surface area contributed by atoms with Crippen molar-refractivity contribution in [3.8, 4) is 5.69 Å². The molecule has 0 radical (unpaired) electrons. The van der Waals surface area contributed by atoms with Gasteiger partial charge in [-0.05, 0) is 30.5 Å². The topological polar surface area (TPSA) is 72.3 Å². The molecule has 0 saturated heterocycles. The highest BCUT2D eigenvalue weighted by Crippen LogP contribution is 2.27. The molecule has 0 aliphatic carbocycles. The molecule has 1 heterocycles. The summed E-state index contributed by atoms with van der Waals surface area (Å²) in [5, 5.41) is 3.57. The number of carbonyl (C=O) groups is 2. The molecule has 122 valence electrons. The Labute approximate surface area is 139 Å². The number of hydrogen-bond donors (Lipinski definition) is 1. The number of nitrogens with one attached hydrogen (secondary N) is 1. The van der Waals surface area contributed by atoms with Crippen molar-refractivity contribution in [2.24, 2.45) is 0 Å². The van der Waals surface area contributed by atoms with Crippen LogP contribution in [0.2, 0.25) is 5.02 Å². The van der Waals surface area contributed by atoms with Crippen molar-refractivity contribution >= 4 is 23.5 Å². The maximum atomic E-state index is 12.0. The highest BCUT2D eigenvalue weighted by atomic mass is 35.5. The lowest BCUT2D eigenvalue weighted by Crippen LogP contribution is -2.32. The van der Waals surface area contributed by atoms with Gasteiger partial charge in [-0.15, -0.1) is 0 Å². The second kappa shape index (κ2) is 6.83. The summed E-state index contributed by atoms with van der Waals surface area (Å²) in [6.07, 6.45) is 3.39. The third-order valence-corrected chi connectivity index (χ3v) is 3.82. The van der Waals surface area contributed by atoms with E-state index in [1.165, 1.54) is 14.2 Å². The quantitative estimate of drug-likeness (QED) is 0.526. The molecule has 1 aromatic carbocycles. The number of aryl methyl sites for hydroxylation is 2. The minimum absolute atomic E-state index is 0.575. The second-order valence-corrected chi connectivity index (χ2v) is 5.57. The Morgan fingerprint density at radius 1 is 1.13 bits per heavy atom. The van der Waals surface area contributed by atoms with Gasteiger partial charge in [-0.3, -0.25) is 9.59 Å². The molecular weight excluding hydrogens is 320 g/mol. The molecule has 0 spiro atoms. The van der Waals surface area contributed by atoms with Crippen LogP contribution >= 0.6 is 11.6 Å². The number of ether oxygens (including phenoxy) is 2. The SMILES string of the molecule is COC(=O)C(C(=O)OC)c1c(C)cc(-[n+]2cc(Cl)c[nH]2)cc1C. The minimum Gasteiger partial charge on any atom is -0.468 e. The predicted molar refractivity (Wildman–Crippen MR) is 83.6 cm³/mol. The first-order chi connectivity index (χ1) is 10.9. The first kappa shape index (κ1) is 17.0. The molecular formula is C16H18ClN2O4+. The molecule has 2 rings (SSSR count). The van der Waals surface area contributed by atoms with Gasteiger partial charge in [0, 0.05) is 12.1 Å². The number of methoxy groups -OCH3 is 2. The fraction of sp³-hybridized carbons (Fsp3) is 0.312. The van der Waals surface area contributed by atoms with Gasteiger partial charge in [0.1, 0.15) is 5.02 Å². The molecule has 0 atom stereocenters. The van der Waals surface area contributed by atoms with Crippen LogP contribution in [-0.4, -0.2) is 31.3 Å². The largest absolute Gasteiger partial charge is 0.468 e. The molecule has 1 N–H and O–H groups in total. The van der Waals surface area contributed by atoms with E-state index in [-0.39, 0.29) is 0 Å². The summed E-state index contributed by atoms with van der Waals surface area (Å²) in [4.78, 5) is 24.0. The maximum Gasteiger partial charge on any atom is 0.324 e. The van der Waals surface area contributed by atoms with Gasteiger partial charge < -0.3 is 9.47 Å². The van der Waals surface area contributed by atoms with Gasteiger partial charge in [-0.1, -0.05) is 16.3 Å². The number of H-pyrrole nitrogens is 1. The van der Waals surface area contributed by atoms with Crippen molar-refractivity contribution in [2.45, 2.75) is 19.8 Å². The summed E-state index contributed by atoms with van der Waals surface area (Å²) >= 11 is 5.92. The zero-order valence-electron chi connectivity index (χ0n) is 13.3. The van der Waals surface area contributed by atoms with Crippen molar-refractivity contribution in [2.75, 3.05) is 14.2 Å². The molecule has 2 aromatic rings. The van der Waals surface area contributed by atoms with Crippen LogP contribution in [0.3, 0.4) is 0 Å². The summed E-state index contributed by atoms with van der Waals surface area (Å²) in [6.45, 7) is 3.66. The summed E-state index contributed by atoms with van der Waals surface area (Å²) in [5.41, 5.74) is 2.98. The van der Waals surface area contributed by atoms with Gasteiger partial charge in [-0.25, -0.2) is 0 Å². The fourth-order valence-corrected chi connectivity index (χ4v) is 2.74. The fourth-order valence-electron chi connectivity index (χ4n) is 2.59. The Balaban J connectivity index is 2.55. The van der Waals surface area contributed by atoms with Gasteiger partial charge in [0.15, 0.2) is 5.92 Å². The highest BCUT2D eigenvalue weighted by Gasteiger charge is 2.34.